The van der Waals surface area contributed by atoms with Gasteiger partial charge in [-0.1, -0.05) is 19.1 Å². The van der Waals surface area contributed by atoms with Gasteiger partial charge >= 0.3 is 0 Å². The molecule has 0 saturated carbocycles. The third kappa shape index (κ3) is 1.61. The summed E-state index contributed by atoms with van der Waals surface area (Å²) in [5.41, 5.74) is 1.37. The molecule has 1 aliphatic heterocycles. The molecule has 70 valence electrons. The van der Waals surface area contributed by atoms with E-state index in [4.69, 9.17) is 16.6 Å². The third-order valence-electron chi connectivity index (χ3n) is 2.68. The van der Waals surface area contributed by atoms with Gasteiger partial charge in [0.25, 0.3) is 0 Å². The molecule has 0 amide bonds. The molecular formula is C10H13NOS. The summed E-state index contributed by atoms with van der Waals surface area (Å²) in [7, 11) is 0. The summed E-state index contributed by atoms with van der Waals surface area (Å²) >= 11 is 5.29. The number of rotatable bonds is 2. The van der Waals surface area contributed by atoms with E-state index in [1.54, 1.807) is 12.5 Å². The SMILES string of the molecule is CC1(Cc2ccoc2)CCNC1=S. The van der Waals surface area contributed by atoms with Gasteiger partial charge in [-0.15, -0.1) is 0 Å². The van der Waals surface area contributed by atoms with E-state index < -0.39 is 0 Å². The zero-order valence-electron chi connectivity index (χ0n) is 7.67. The Morgan fingerprint density at radius 2 is 2.54 bits per heavy atom. The normalized spacial score (nSPS) is 27.6. The lowest BCUT2D eigenvalue weighted by Gasteiger charge is -2.21. The van der Waals surface area contributed by atoms with Gasteiger partial charge in [0, 0.05) is 12.0 Å². The van der Waals surface area contributed by atoms with Gasteiger partial charge in [-0.05, 0) is 24.5 Å². The molecule has 1 aromatic rings. The summed E-state index contributed by atoms with van der Waals surface area (Å²) in [5, 5.41) is 3.22. The number of hydrogen-bond acceptors (Lipinski definition) is 2. The highest BCUT2D eigenvalue weighted by molar-refractivity contribution is 7.80. The molecule has 1 N–H and O–H groups in total. The molecule has 1 atom stereocenters. The summed E-state index contributed by atoms with van der Waals surface area (Å²) in [6.45, 7) is 3.22. The number of furan rings is 1. The van der Waals surface area contributed by atoms with Gasteiger partial charge in [0.05, 0.1) is 17.5 Å². The van der Waals surface area contributed by atoms with Crippen molar-refractivity contribution < 1.29 is 4.42 Å². The number of thiocarbonyl (C=S) groups is 1. The number of nitrogens with one attached hydrogen (secondary N) is 1. The minimum absolute atomic E-state index is 0.138. The average Bonchev–Trinajstić information content (AvgIpc) is 2.65. The van der Waals surface area contributed by atoms with Crippen molar-refractivity contribution in [3.8, 4) is 0 Å². The quantitative estimate of drug-likeness (QED) is 0.732. The van der Waals surface area contributed by atoms with Crippen LogP contribution in [0.3, 0.4) is 0 Å². The molecular weight excluding hydrogens is 182 g/mol. The highest BCUT2D eigenvalue weighted by atomic mass is 32.1. The first kappa shape index (κ1) is 8.75. The smallest absolute Gasteiger partial charge is 0.0934 e. The molecule has 2 heterocycles. The first-order valence-corrected chi connectivity index (χ1v) is 4.91. The largest absolute Gasteiger partial charge is 0.472 e. The molecule has 0 bridgehead atoms. The maximum absolute atomic E-state index is 5.29. The van der Waals surface area contributed by atoms with E-state index in [0.29, 0.717) is 0 Å². The van der Waals surface area contributed by atoms with Crippen LogP contribution < -0.4 is 5.32 Å². The highest BCUT2D eigenvalue weighted by Gasteiger charge is 2.34. The van der Waals surface area contributed by atoms with Crippen LogP contribution in [0.15, 0.2) is 23.0 Å². The van der Waals surface area contributed by atoms with E-state index >= 15 is 0 Å². The van der Waals surface area contributed by atoms with Crippen LogP contribution in [-0.4, -0.2) is 11.5 Å². The van der Waals surface area contributed by atoms with E-state index in [-0.39, 0.29) is 5.41 Å². The molecule has 0 spiro atoms. The second-order valence-corrected chi connectivity index (χ2v) is 4.28. The standard InChI is InChI=1S/C10H13NOS/c1-10(3-4-11-9(10)13)6-8-2-5-12-7-8/h2,5,7H,3-4,6H2,1H3,(H,11,13). The van der Waals surface area contributed by atoms with Crippen molar-refractivity contribution in [3.05, 3.63) is 24.2 Å². The maximum atomic E-state index is 5.29. The Labute approximate surface area is 83.3 Å². The fourth-order valence-electron chi connectivity index (χ4n) is 1.79. The highest BCUT2D eigenvalue weighted by Crippen LogP contribution is 2.31. The Morgan fingerprint density at radius 3 is 3.08 bits per heavy atom. The van der Waals surface area contributed by atoms with Gasteiger partial charge in [-0.2, -0.15) is 0 Å². The van der Waals surface area contributed by atoms with Crippen LogP contribution in [0.4, 0.5) is 0 Å². The van der Waals surface area contributed by atoms with Crippen molar-refractivity contribution in [3.63, 3.8) is 0 Å². The lowest BCUT2D eigenvalue weighted by atomic mass is 9.83. The maximum Gasteiger partial charge on any atom is 0.0934 e. The molecule has 1 saturated heterocycles. The van der Waals surface area contributed by atoms with Crippen LogP contribution in [-0.2, 0) is 6.42 Å². The average molecular weight is 195 g/mol. The zero-order valence-corrected chi connectivity index (χ0v) is 8.49. The molecule has 1 fully saturated rings. The minimum Gasteiger partial charge on any atom is -0.472 e. The lowest BCUT2D eigenvalue weighted by Crippen LogP contribution is -2.28. The number of hydrogen-bond donors (Lipinski definition) is 1. The Bertz CT molecular complexity index is 307. The van der Waals surface area contributed by atoms with E-state index in [1.165, 1.54) is 5.56 Å². The summed E-state index contributed by atoms with van der Waals surface area (Å²) in [6, 6.07) is 2.01. The predicted molar refractivity (Wildman–Crippen MR) is 55.7 cm³/mol. The van der Waals surface area contributed by atoms with Crippen molar-refractivity contribution in [2.45, 2.75) is 19.8 Å². The molecule has 1 unspecified atom stereocenters. The topological polar surface area (TPSA) is 25.2 Å². The monoisotopic (exact) mass is 195 g/mol. The van der Waals surface area contributed by atoms with Crippen molar-refractivity contribution >= 4 is 17.2 Å². The van der Waals surface area contributed by atoms with Gasteiger partial charge in [-0.3, -0.25) is 0 Å². The fourth-order valence-corrected chi connectivity index (χ4v) is 2.07. The lowest BCUT2D eigenvalue weighted by molar-refractivity contribution is 0.467. The van der Waals surface area contributed by atoms with Crippen molar-refractivity contribution in [2.75, 3.05) is 6.54 Å². The summed E-state index contributed by atoms with van der Waals surface area (Å²) in [4.78, 5) is 0.994. The molecule has 1 aliphatic rings. The third-order valence-corrected chi connectivity index (χ3v) is 3.32. The van der Waals surface area contributed by atoms with Crippen molar-refractivity contribution in [1.29, 1.82) is 0 Å². The molecule has 1 aromatic heterocycles. The summed E-state index contributed by atoms with van der Waals surface area (Å²) < 4.78 is 5.04. The van der Waals surface area contributed by atoms with Crippen LogP contribution in [0.25, 0.3) is 0 Å². The van der Waals surface area contributed by atoms with E-state index in [2.05, 4.69) is 12.2 Å². The summed E-state index contributed by atoms with van der Waals surface area (Å²) in [5.74, 6) is 0. The van der Waals surface area contributed by atoms with E-state index in [9.17, 15) is 0 Å². The Hall–Kier alpha value is -0.830. The van der Waals surface area contributed by atoms with Crippen LogP contribution in [0, 0.1) is 5.41 Å². The van der Waals surface area contributed by atoms with Crippen LogP contribution in [0.1, 0.15) is 18.9 Å². The molecule has 3 heteroatoms. The molecule has 2 nitrogen and oxygen atoms in total. The first-order chi connectivity index (χ1) is 6.21. The summed E-state index contributed by atoms with van der Waals surface area (Å²) in [6.07, 6.45) is 5.61. The second kappa shape index (κ2) is 3.14. The predicted octanol–water partition coefficient (Wildman–Crippen LogP) is 2.15. The molecule has 0 radical (unpaired) electrons. The minimum atomic E-state index is 0.138. The van der Waals surface area contributed by atoms with Gasteiger partial charge in [-0.25, -0.2) is 0 Å². The van der Waals surface area contributed by atoms with Gasteiger partial charge in [0.2, 0.25) is 0 Å². The van der Waals surface area contributed by atoms with Crippen LogP contribution >= 0.6 is 12.2 Å². The zero-order chi connectivity index (χ0) is 9.31. The van der Waals surface area contributed by atoms with Crippen molar-refractivity contribution in [1.82, 2.24) is 5.32 Å². The first-order valence-electron chi connectivity index (χ1n) is 4.50. The Morgan fingerprint density at radius 1 is 1.69 bits per heavy atom. The Kier molecular flexibility index (Phi) is 2.12. The van der Waals surface area contributed by atoms with Crippen LogP contribution in [0.5, 0.6) is 0 Å². The van der Waals surface area contributed by atoms with Crippen LogP contribution in [0.2, 0.25) is 0 Å². The fraction of sp³-hybridized carbons (Fsp3) is 0.500. The van der Waals surface area contributed by atoms with E-state index in [1.807, 2.05) is 6.07 Å². The molecule has 2 rings (SSSR count). The molecule has 0 aromatic carbocycles. The molecule has 13 heavy (non-hydrogen) atoms. The van der Waals surface area contributed by atoms with Gasteiger partial charge in [0.1, 0.15) is 0 Å². The molecule has 0 aliphatic carbocycles. The van der Waals surface area contributed by atoms with Crippen molar-refractivity contribution in [2.24, 2.45) is 5.41 Å². The second-order valence-electron chi connectivity index (χ2n) is 3.87. The van der Waals surface area contributed by atoms with Gasteiger partial charge in [0.15, 0.2) is 0 Å². The van der Waals surface area contributed by atoms with E-state index in [0.717, 1.165) is 24.4 Å². The Balaban J connectivity index is 2.13. The van der Waals surface area contributed by atoms with Gasteiger partial charge < -0.3 is 9.73 Å².